The van der Waals surface area contributed by atoms with Gasteiger partial charge in [-0.05, 0) is 36.1 Å². The standard InChI is InChI=1S/C22H32N2O2/c1-3-5-7-9-11-23-19-13-18-16-22(26)24(12-10-8-6-4-2)20(18)14-17(19)15-21(23)25/h13-14H,3-12,15-16H2,1-2H3. The maximum absolute atomic E-state index is 12.5. The predicted molar refractivity (Wildman–Crippen MR) is 107 cm³/mol. The fourth-order valence-corrected chi connectivity index (χ4v) is 4.12. The second-order valence-corrected chi connectivity index (χ2v) is 7.68. The van der Waals surface area contributed by atoms with Gasteiger partial charge in [0.05, 0.1) is 12.8 Å². The average Bonchev–Trinajstić information content (AvgIpc) is 3.09. The number of hydrogen-bond donors (Lipinski definition) is 0. The topological polar surface area (TPSA) is 40.6 Å². The molecule has 0 radical (unpaired) electrons. The van der Waals surface area contributed by atoms with Crippen molar-refractivity contribution in [1.29, 1.82) is 0 Å². The summed E-state index contributed by atoms with van der Waals surface area (Å²) < 4.78 is 0. The first-order valence-corrected chi connectivity index (χ1v) is 10.4. The van der Waals surface area contributed by atoms with Gasteiger partial charge in [-0.2, -0.15) is 0 Å². The predicted octanol–water partition coefficient (Wildman–Crippen LogP) is 4.63. The van der Waals surface area contributed by atoms with Gasteiger partial charge in [-0.15, -0.1) is 0 Å². The zero-order chi connectivity index (χ0) is 18.5. The fourth-order valence-electron chi connectivity index (χ4n) is 4.12. The number of carbonyl (C=O) groups excluding carboxylic acids is 2. The van der Waals surface area contributed by atoms with Gasteiger partial charge in [-0.1, -0.05) is 52.4 Å². The summed E-state index contributed by atoms with van der Waals surface area (Å²) in [6.45, 7) is 6.01. The molecule has 0 unspecified atom stereocenters. The Balaban J connectivity index is 1.71. The number of hydrogen-bond acceptors (Lipinski definition) is 2. The Kier molecular flexibility index (Phi) is 6.33. The summed E-state index contributed by atoms with van der Waals surface area (Å²) in [6.07, 6.45) is 10.3. The number of rotatable bonds is 10. The Morgan fingerprint density at radius 1 is 0.692 bits per heavy atom. The highest BCUT2D eigenvalue weighted by atomic mass is 16.2. The van der Waals surface area contributed by atoms with Crippen LogP contribution in [-0.4, -0.2) is 24.9 Å². The van der Waals surface area contributed by atoms with Gasteiger partial charge in [0.1, 0.15) is 0 Å². The lowest BCUT2D eigenvalue weighted by atomic mass is 10.1. The van der Waals surface area contributed by atoms with Crippen molar-refractivity contribution in [1.82, 2.24) is 0 Å². The van der Waals surface area contributed by atoms with E-state index >= 15 is 0 Å². The third-order valence-electron chi connectivity index (χ3n) is 5.62. The number of amides is 2. The van der Waals surface area contributed by atoms with Crippen molar-refractivity contribution in [2.24, 2.45) is 0 Å². The lowest BCUT2D eigenvalue weighted by molar-refractivity contribution is -0.118. The van der Waals surface area contributed by atoms with Crippen molar-refractivity contribution < 1.29 is 9.59 Å². The molecule has 3 rings (SSSR count). The first-order chi connectivity index (χ1) is 12.7. The monoisotopic (exact) mass is 356 g/mol. The second kappa shape index (κ2) is 8.70. The van der Waals surface area contributed by atoms with Crippen LogP contribution in [0.15, 0.2) is 12.1 Å². The molecule has 2 aliphatic rings. The minimum atomic E-state index is 0.209. The van der Waals surface area contributed by atoms with Gasteiger partial charge in [0.25, 0.3) is 0 Å². The molecule has 1 aromatic carbocycles. The molecule has 2 aliphatic heterocycles. The molecule has 2 heterocycles. The van der Waals surface area contributed by atoms with Crippen LogP contribution in [0.5, 0.6) is 0 Å². The van der Waals surface area contributed by atoms with Crippen LogP contribution in [0.1, 0.15) is 76.3 Å². The Morgan fingerprint density at radius 3 is 1.50 bits per heavy atom. The van der Waals surface area contributed by atoms with Gasteiger partial charge in [0.2, 0.25) is 11.8 Å². The molecule has 2 amide bonds. The Morgan fingerprint density at radius 2 is 1.12 bits per heavy atom. The summed E-state index contributed by atoms with van der Waals surface area (Å²) >= 11 is 0. The Bertz CT molecular complexity index is 611. The summed E-state index contributed by atoms with van der Waals surface area (Å²) in [4.78, 5) is 28.8. The fraction of sp³-hybridized carbons (Fsp3) is 0.636. The van der Waals surface area contributed by atoms with Gasteiger partial charge in [-0.25, -0.2) is 0 Å². The summed E-state index contributed by atoms with van der Waals surface area (Å²) in [7, 11) is 0. The number of unbranched alkanes of at least 4 members (excludes halogenated alkanes) is 6. The van der Waals surface area contributed by atoms with Gasteiger partial charge in [-0.3, -0.25) is 9.59 Å². The first kappa shape index (κ1) is 18.9. The van der Waals surface area contributed by atoms with E-state index in [1.54, 1.807) is 0 Å². The maximum Gasteiger partial charge on any atom is 0.231 e. The van der Waals surface area contributed by atoms with E-state index in [4.69, 9.17) is 0 Å². The maximum atomic E-state index is 12.5. The molecular formula is C22H32N2O2. The lowest BCUT2D eigenvalue weighted by Crippen LogP contribution is -2.27. The third-order valence-corrected chi connectivity index (χ3v) is 5.62. The quantitative estimate of drug-likeness (QED) is 0.574. The number of nitrogens with zero attached hydrogens (tertiary/aromatic N) is 2. The Hall–Kier alpha value is -1.84. The van der Waals surface area contributed by atoms with E-state index in [2.05, 4.69) is 26.0 Å². The number of fused-ring (bicyclic) bond motifs is 2. The van der Waals surface area contributed by atoms with Gasteiger partial charge >= 0.3 is 0 Å². The van der Waals surface area contributed by atoms with Gasteiger partial charge < -0.3 is 9.80 Å². The molecule has 0 aliphatic carbocycles. The van der Waals surface area contributed by atoms with Crippen LogP contribution in [0.25, 0.3) is 0 Å². The van der Waals surface area contributed by atoms with E-state index in [1.165, 1.54) is 38.5 Å². The first-order valence-electron chi connectivity index (χ1n) is 10.4. The van der Waals surface area contributed by atoms with E-state index in [9.17, 15) is 9.59 Å². The van der Waals surface area contributed by atoms with Gasteiger partial charge in [0.15, 0.2) is 0 Å². The molecule has 0 bridgehead atoms. The Labute approximate surface area is 157 Å². The minimum Gasteiger partial charge on any atom is -0.312 e. The van der Waals surface area contributed by atoms with Crippen molar-refractivity contribution in [2.75, 3.05) is 22.9 Å². The molecule has 0 N–H and O–H groups in total. The summed E-state index contributed by atoms with van der Waals surface area (Å²) in [5.74, 6) is 0.419. The number of anilines is 2. The third kappa shape index (κ3) is 3.94. The van der Waals surface area contributed by atoms with E-state index in [-0.39, 0.29) is 11.8 Å². The summed E-state index contributed by atoms with van der Waals surface area (Å²) in [5.41, 5.74) is 4.28. The summed E-state index contributed by atoms with van der Waals surface area (Å²) in [5, 5.41) is 0. The molecule has 4 heteroatoms. The van der Waals surface area contributed by atoms with Crippen LogP contribution in [0, 0.1) is 0 Å². The highest BCUT2D eigenvalue weighted by Gasteiger charge is 2.33. The van der Waals surface area contributed by atoms with Crippen molar-refractivity contribution in [2.45, 2.75) is 78.1 Å². The molecule has 0 aromatic heterocycles. The van der Waals surface area contributed by atoms with Crippen LogP contribution in [0.2, 0.25) is 0 Å². The molecule has 1 aromatic rings. The smallest absolute Gasteiger partial charge is 0.231 e. The normalized spacial score (nSPS) is 15.8. The molecular weight excluding hydrogens is 324 g/mol. The van der Waals surface area contributed by atoms with E-state index < -0.39 is 0 Å². The van der Waals surface area contributed by atoms with E-state index in [1.807, 2.05) is 9.80 Å². The van der Waals surface area contributed by atoms with Crippen LogP contribution >= 0.6 is 0 Å². The van der Waals surface area contributed by atoms with Gasteiger partial charge in [0, 0.05) is 24.5 Å². The molecule has 0 fully saturated rings. The largest absolute Gasteiger partial charge is 0.312 e. The molecule has 0 spiro atoms. The molecule has 26 heavy (non-hydrogen) atoms. The van der Waals surface area contributed by atoms with Crippen molar-refractivity contribution in [3.63, 3.8) is 0 Å². The summed E-state index contributed by atoms with van der Waals surface area (Å²) in [6, 6.07) is 4.22. The highest BCUT2D eigenvalue weighted by Crippen LogP contribution is 2.39. The molecule has 4 nitrogen and oxygen atoms in total. The zero-order valence-corrected chi connectivity index (χ0v) is 16.4. The lowest BCUT2D eigenvalue weighted by Gasteiger charge is -2.20. The van der Waals surface area contributed by atoms with Crippen LogP contribution < -0.4 is 9.80 Å². The van der Waals surface area contributed by atoms with Crippen molar-refractivity contribution >= 4 is 23.2 Å². The zero-order valence-electron chi connectivity index (χ0n) is 16.4. The molecule has 0 saturated heterocycles. The minimum absolute atomic E-state index is 0.209. The van der Waals surface area contributed by atoms with Crippen LogP contribution in [-0.2, 0) is 22.4 Å². The highest BCUT2D eigenvalue weighted by molar-refractivity contribution is 6.06. The van der Waals surface area contributed by atoms with E-state index in [0.29, 0.717) is 12.8 Å². The SMILES string of the molecule is CCCCCCN1C(=O)Cc2cc3c(cc21)CC(=O)N3CCCCCC. The van der Waals surface area contributed by atoms with Crippen molar-refractivity contribution in [3.05, 3.63) is 23.3 Å². The van der Waals surface area contributed by atoms with Crippen molar-refractivity contribution in [3.8, 4) is 0 Å². The molecule has 142 valence electrons. The van der Waals surface area contributed by atoms with E-state index in [0.717, 1.165) is 48.4 Å². The molecule has 0 saturated carbocycles. The van der Waals surface area contributed by atoms with Crippen LogP contribution in [0.4, 0.5) is 11.4 Å². The number of benzene rings is 1. The molecule has 0 atom stereocenters. The average molecular weight is 357 g/mol. The van der Waals surface area contributed by atoms with Crippen LogP contribution in [0.3, 0.4) is 0 Å². The second-order valence-electron chi connectivity index (χ2n) is 7.68. The number of carbonyl (C=O) groups is 2.